The van der Waals surface area contributed by atoms with E-state index in [1.165, 1.54) is 9.71 Å². The van der Waals surface area contributed by atoms with Crippen molar-refractivity contribution in [1.29, 1.82) is 0 Å². The molecule has 0 bridgehead atoms. The smallest absolute Gasteiger partial charge is 0.0939 e. The molecule has 0 amide bonds. The second kappa shape index (κ2) is 3.33. The zero-order valence-electron chi connectivity index (χ0n) is 7.77. The Morgan fingerprint density at radius 1 is 1.43 bits per heavy atom. The summed E-state index contributed by atoms with van der Waals surface area (Å²) in [6.07, 6.45) is 2.70. The van der Waals surface area contributed by atoms with Gasteiger partial charge in [-0.2, -0.15) is 0 Å². The molecule has 72 valence electrons. The van der Waals surface area contributed by atoms with E-state index in [-0.39, 0.29) is 0 Å². The topological polar surface area (TPSA) is 25.4 Å². The van der Waals surface area contributed by atoms with Gasteiger partial charge in [-0.1, -0.05) is 12.1 Å². The monoisotopic (exact) mass is 205 g/mol. The largest absolute Gasteiger partial charge is 0.373 e. The standard InChI is InChI=1S/C11H11NOS/c1-2-4-10-9(3-1)12-11(14-10)6-5-8-7-13-8/h1-4,8H,5-7H2/t8-/m1/s1. The minimum atomic E-state index is 0.516. The number of thiazole rings is 1. The van der Waals surface area contributed by atoms with Gasteiger partial charge in [-0.05, 0) is 18.6 Å². The lowest BCUT2D eigenvalue weighted by atomic mass is 10.2. The molecule has 2 heterocycles. The van der Waals surface area contributed by atoms with E-state index in [0.29, 0.717) is 6.10 Å². The second-order valence-electron chi connectivity index (χ2n) is 3.57. The summed E-state index contributed by atoms with van der Waals surface area (Å²) in [7, 11) is 0. The first-order valence-electron chi connectivity index (χ1n) is 4.88. The van der Waals surface area contributed by atoms with Crippen LogP contribution in [0.4, 0.5) is 0 Å². The van der Waals surface area contributed by atoms with Crippen molar-refractivity contribution in [2.24, 2.45) is 0 Å². The molecule has 1 saturated heterocycles. The summed E-state index contributed by atoms with van der Waals surface area (Å²) < 4.78 is 6.47. The van der Waals surface area contributed by atoms with Crippen molar-refractivity contribution in [2.45, 2.75) is 18.9 Å². The maximum absolute atomic E-state index is 5.18. The van der Waals surface area contributed by atoms with E-state index < -0.39 is 0 Å². The van der Waals surface area contributed by atoms with Crippen LogP contribution in [0.25, 0.3) is 10.2 Å². The van der Waals surface area contributed by atoms with E-state index in [9.17, 15) is 0 Å². The van der Waals surface area contributed by atoms with Crippen molar-refractivity contribution >= 4 is 21.6 Å². The summed E-state index contributed by atoms with van der Waals surface area (Å²) in [5.74, 6) is 0. The zero-order valence-corrected chi connectivity index (χ0v) is 8.59. The SMILES string of the molecule is c1ccc2sc(CC[C@@H]3CO3)nc2c1. The molecule has 14 heavy (non-hydrogen) atoms. The van der Waals surface area contributed by atoms with Gasteiger partial charge in [0.25, 0.3) is 0 Å². The summed E-state index contributed by atoms with van der Waals surface area (Å²) in [5, 5.41) is 1.24. The third-order valence-corrected chi connectivity index (χ3v) is 3.52. The van der Waals surface area contributed by atoms with Gasteiger partial charge in [0.05, 0.1) is 27.9 Å². The van der Waals surface area contributed by atoms with Gasteiger partial charge < -0.3 is 4.74 Å². The lowest BCUT2D eigenvalue weighted by Crippen LogP contribution is -1.89. The average Bonchev–Trinajstić information content (AvgIpc) is 2.94. The van der Waals surface area contributed by atoms with Gasteiger partial charge in [0, 0.05) is 6.42 Å². The first kappa shape index (κ1) is 8.38. The fraction of sp³-hybridized carbons (Fsp3) is 0.364. The number of para-hydroxylation sites is 1. The Balaban J connectivity index is 1.82. The normalized spacial score (nSPS) is 20.1. The summed E-state index contributed by atoms with van der Waals surface area (Å²) in [6.45, 7) is 0.949. The van der Waals surface area contributed by atoms with Crippen LogP contribution in [-0.4, -0.2) is 17.7 Å². The summed E-state index contributed by atoms with van der Waals surface area (Å²) in [5.41, 5.74) is 1.13. The average molecular weight is 205 g/mol. The van der Waals surface area contributed by atoms with Gasteiger partial charge >= 0.3 is 0 Å². The van der Waals surface area contributed by atoms with Crippen LogP contribution in [0.3, 0.4) is 0 Å². The number of hydrogen-bond acceptors (Lipinski definition) is 3. The number of epoxide rings is 1. The minimum Gasteiger partial charge on any atom is -0.373 e. The number of nitrogens with zero attached hydrogens (tertiary/aromatic N) is 1. The molecule has 0 radical (unpaired) electrons. The molecule has 0 saturated carbocycles. The molecule has 1 atom stereocenters. The van der Waals surface area contributed by atoms with Gasteiger partial charge in [0.1, 0.15) is 0 Å². The highest BCUT2D eigenvalue weighted by atomic mass is 32.1. The fourth-order valence-electron chi connectivity index (χ4n) is 1.55. The van der Waals surface area contributed by atoms with Crippen LogP contribution in [0.2, 0.25) is 0 Å². The first-order valence-corrected chi connectivity index (χ1v) is 5.69. The molecule has 1 aliphatic rings. The second-order valence-corrected chi connectivity index (χ2v) is 4.68. The summed E-state index contributed by atoms with van der Waals surface area (Å²) in [4.78, 5) is 4.58. The zero-order chi connectivity index (χ0) is 9.38. The molecule has 2 aromatic rings. The Morgan fingerprint density at radius 2 is 2.29 bits per heavy atom. The van der Waals surface area contributed by atoms with Crippen molar-refractivity contribution in [3.05, 3.63) is 29.3 Å². The van der Waals surface area contributed by atoms with Crippen molar-refractivity contribution < 1.29 is 4.74 Å². The third-order valence-electron chi connectivity index (χ3n) is 2.42. The lowest BCUT2D eigenvalue weighted by Gasteiger charge is -1.89. The highest BCUT2D eigenvalue weighted by Gasteiger charge is 2.22. The molecule has 0 unspecified atom stereocenters. The molecule has 1 aliphatic heterocycles. The van der Waals surface area contributed by atoms with Crippen LogP contribution in [0.5, 0.6) is 0 Å². The van der Waals surface area contributed by atoms with E-state index in [4.69, 9.17) is 4.74 Å². The number of aryl methyl sites for hydroxylation is 1. The lowest BCUT2D eigenvalue weighted by molar-refractivity contribution is 0.396. The Bertz CT molecular complexity index is 414. The van der Waals surface area contributed by atoms with E-state index in [2.05, 4.69) is 23.2 Å². The Kier molecular flexibility index (Phi) is 2.00. The molecule has 1 aromatic heterocycles. The van der Waals surface area contributed by atoms with Crippen LogP contribution in [0.15, 0.2) is 24.3 Å². The molecular weight excluding hydrogens is 194 g/mol. The molecule has 0 N–H and O–H groups in total. The highest BCUT2D eigenvalue weighted by molar-refractivity contribution is 7.18. The minimum absolute atomic E-state index is 0.516. The number of benzene rings is 1. The third kappa shape index (κ3) is 1.65. The summed E-state index contributed by atoms with van der Waals surface area (Å²) in [6, 6.07) is 8.30. The predicted octanol–water partition coefficient (Wildman–Crippen LogP) is 2.63. The van der Waals surface area contributed by atoms with Crippen LogP contribution in [0, 0.1) is 0 Å². The first-order chi connectivity index (χ1) is 6.92. The van der Waals surface area contributed by atoms with Gasteiger partial charge in [-0.15, -0.1) is 11.3 Å². The van der Waals surface area contributed by atoms with Crippen molar-refractivity contribution in [2.75, 3.05) is 6.61 Å². The van der Waals surface area contributed by atoms with Crippen LogP contribution in [0.1, 0.15) is 11.4 Å². The Morgan fingerprint density at radius 3 is 3.07 bits per heavy atom. The molecule has 2 nitrogen and oxygen atoms in total. The molecule has 3 heteroatoms. The van der Waals surface area contributed by atoms with E-state index in [1.54, 1.807) is 11.3 Å². The molecule has 0 spiro atoms. The molecule has 0 aliphatic carbocycles. The Hall–Kier alpha value is -0.930. The predicted molar refractivity (Wildman–Crippen MR) is 57.7 cm³/mol. The molecule has 1 aromatic carbocycles. The van der Waals surface area contributed by atoms with Crippen LogP contribution >= 0.6 is 11.3 Å². The number of aromatic nitrogens is 1. The van der Waals surface area contributed by atoms with Crippen LogP contribution < -0.4 is 0 Å². The molecule has 1 fully saturated rings. The van der Waals surface area contributed by atoms with Gasteiger partial charge in [0.15, 0.2) is 0 Å². The quantitative estimate of drug-likeness (QED) is 0.720. The van der Waals surface area contributed by atoms with Crippen molar-refractivity contribution in [3.63, 3.8) is 0 Å². The number of rotatable bonds is 3. The maximum Gasteiger partial charge on any atom is 0.0939 e. The van der Waals surface area contributed by atoms with E-state index in [0.717, 1.165) is 25.0 Å². The maximum atomic E-state index is 5.18. The van der Waals surface area contributed by atoms with E-state index >= 15 is 0 Å². The van der Waals surface area contributed by atoms with Gasteiger partial charge in [0.2, 0.25) is 0 Å². The number of hydrogen-bond donors (Lipinski definition) is 0. The van der Waals surface area contributed by atoms with Crippen LogP contribution in [-0.2, 0) is 11.2 Å². The van der Waals surface area contributed by atoms with Crippen molar-refractivity contribution in [1.82, 2.24) is 4.98 Å². The molecular formula is C11H11NOS. The highest BCUT2D eigenvalue weighted by Crippen LogP contribution is 2.24. The molecule has 3 rings (SSSR count). The number of ether oxygens (including phenoxy) is 1. The fourth-order valence-corrected chi connectivity index (χ4v) is 2.53. The number of fused-ring (bicyclic) bond motifs is 1. The van der Waals surface area contributed by atoms with Gasteiger partial charge in [-0.25, -0.2) is 4.98 Å². The van der Waals surface area contributed by atoms with Gasteiger partial charge in [-0.3, -0.25) is 0 Å². The summed E-state index contributed by atoms with van der Waals surface area (Å²) >= 11 is 1.80. The van der Waals surface area contributed by atoms with E-state index in [1.807, 2.05) is 6.07 Å². The van der Waals surface area contributed by atoms with Crippen molar-refractivity contribution in [3.8, 4) is 0 Å². The Labute approximate surface area is 86.5 Å².